The van der Waals surface area contributed by atoms with E-state index < -0.39 is 8.32 Å². The van der Waals surface area contributed by atoms with Crippen LogP contribution in [0.1, 0.15) is 25.7 Å². The van der Waals surface area contributed by atoms with Crippen LogP contribution in [-0.2, 0) is 9.16 Å². The first kappa shape index (κ1) is 11.2. The van der Waals surface area contributed by atoms with Gasteiger partial charge in [0.05, 0.1) is 6.10 Å². The van der Waals surface area contributed by atoms with Crippen LogP contribution < -0.4 is 0 Å². The summed E-state index contributed by atoms with van der Waals surface area (Å²) in [5.41, 5.74) is 0. The Morgan fingerprint density at radius 2 is 1.38 bits per heavy atom. The zero-order chi connectivity index (χ0) is 9.90. The van der Waals surface area contributed by atoms with Crippen molar-refractivity contribution in [1.29, 1.82) is 0 Å². The zero-order valence-corrected chi connectivity index (χ0v) is 10.3. The lowest BCUT2D eigenvalue weighted by Crippen LogP contribution is -2.35. The first-order chi connectivity index (χ1) is 6.01. The summed E-state index contributed by atoms with van der Waals surface area (Å²) < 4.78 is 11.4. The number of methoxy groups -OCH3 is 1. The average molecular weight is 202 g/mol. The van der Waals surface area contributed by atoms with Crippen molar-refractivity contribution in [2.45, 2.75) is 57.5 Å². The Labute approximate surface area is 82.7 Å². The van der Waals surface area contributed by atoms with E-state index in [9.17, 15) is 0 Å². The topological polar surface area (TPSA) is 18.5 Å². The molecule has 0 amide bonds. The van der Waals surface area contributed by atoms with Gasteiger partial charge in [-0.3, -0.25) is 0 Å². The quantitative estimate of drug-likeness (QED) is 0.655. The van der Waals surface area contributed by atoms with E-state index in [1.807, 2.05) is 7.11 Å². The van der Waals surface area contributed by atoms with Gasteiger partial charge in [0, 0.05) is 13.2 Å². The summed E-state index contributed by atoms with van der Waals surface area (Å²) in [4.78, 5) is 0. The van der Waals surface area contributed by atoms with Gasteiger partial charge in [-0.1, -0.05) is 0 Å². The number of hydrogen-bond donors (Lipinski definition) is 0. The molecule has 0 N–H and O–H groups in total. The summed E-state index contributed by atoms with van der Waals surface area (Å²) >= 11 is 0. The van der Waals surface area contributed by atoms with Gasteiger partial charge in [-0.15, -0.1) is 0 Å². The second kappa shape index (κ2) is 4.58. The third-order valence-electron chi connectivity index (χ3n) is 2.47. The Bertz CT molecular complexity index is 145. The van der Waals surface area contributed by atoms with E-state index in [0.717, 1.165) is 0 Å². The predicted octanol–water partition coefficient (Wildman–Crippen LogP) is 2.80. The molecule has 2 nitrogen and oxygen atoms in total. The fourth-order valence-electron chi connectivity index (χ4n) is 1.89. The second-order valence-electron chi connectivity index (χ2n) is 4.86. The van der Waals surface area contributed by atoms with E-state index in [1.54, 1.807) is 0 Å². The standard InChI is InChI=1S/C10H22O2Si/c1-11-9-5-7-10(8-6-9)12-13(2,3)4/h9-10H,5-8H2,1-4H3. The third kappa shape index (κ3) is 4.25. The molecule has 1 rings (SSSR count). The van der Waals surface area contributed by atoms with Gasteiger partial charge in [0.1, 0.15) is 0 Å². The molecule has 1 saturated carbocycles. The van der Waals surface area contributed by atoms with Gasteiger partial charge >= 0.3 is 0 Å². The van der Waals surface area contributed by atoms with Crippen LogP contribution in [0.5, 0.6) is 0 Å². The van der Waals surface area contributed by atoms with Crippen LogP contribution in [-0.4, -0.2) is 27.6 Å². The molecule has 78 valence electrons. The molecule has 0 aromatic rings. The Morgan fingerprint density at radius 1 is 0.923 bits per heavy atom. The minimum Gasteiger partial charge on any atom is -0.415 e. The van der Waals surface area contributed by atoms with Crippen molar-refractivity contribution >= 4 is 8.32 Å². The predicted molar refractivity (Wildman–Crippen MR) is 57.5 cm³/mol. The average Bonchev–Trinajstić information content (AvgIpc) is 2.03. The van der Waals surface area contributed by atoms with E-state index >= 15 is 0 Å². The van der Waals surface area contributed by atoms with Crippen LogP contribution in [0.4, 0.5) is 0 Å². The largest absolute Gasteiger partial charge is 0.415 e. The third-order valence-corrected chi connectivity index (χ3v) is 3.52. The Kier molecular flexibility index (Phi) is 3.95. The molecular formula is C10H22O2Si. The van der Waals surface area contributed by atoms with Gasteiger partial charge in [-0.05, 0) is 45.3 Å². The highest BCUT2D eigenvalue weighted by atomic mass is 28.4. The van der Waals surface area contributed by atoms with Crippen molar-refractivity contribution in [3.63, 3.8) is 0 Å². The van der Waals surface area contributed by atoms with Crippen molar-refractivity contribution in [3.8, 4) is 0 Å². The molecule has 0 atom stereocenters. The number of hydrogen-bond acceptors (Lipinski definition) is 2. The summed E-state index contributed by atoms with van der Waals surface area (Å²) in [7, 11) is 0.492. The van der Waals surface area contributed by atoms with Crippen LogP contribution in [0, 0.1) is 0 Å². The monoisotopic (exact) mass is 202 g/mol. The molecule has 3 heteroatoms. The van der Waals surface area contributed by atoms with Crippen LogP contribution in [0.3, 0.4) is 0 Å². The van der Waals surface area contributed by atoms with Crippen molar-refractivity contribution in [2.24, 2.45) is 0 Å². The zero-order valence-electron chi connectivity index (χ0n) is 9.30. The highest BCUT2D eigenvalue weighted by molar-refractivity contribution is 6.69. The van der Waals surface area contributed by atoms with E-state index in [0.29, 0.717) is 12.2 Å². The molecule has 1 aliphatic carbocycles. The maximum Gasteiger partial charge on any atom is 0.184 e. The van der Waals surface area contributed by atoms with Crippen molar-refractivity contribution in [1.82, 2.24) is 0 Å². The van der Waals surface area contributed by atoms with Crippen molar-refractivity contribution in [3.05, 3.63) is 0 Å². The van der Waals surface area contributed by atoms with Gasteiger partial charge in [0.25, 0.3) is 0 Å². The normalized spacial score (nSPS) is 30.5. The first-order valence-electron chi connectivity index (χ1n) is 5.22. The molecule has 0 spiro atoms. The van der Waals surface area contributed by atoms with Crippen LogP contribution in [0.15, 0.2) is 0 Å². The first-order valence-corrected chi connectivity index (χ1v) is 8.63. The smallest absolute Gasteiger partial charge is 0.184 e. The molecule has 1 fully saturated rings. The molecule has 0 bridgehead atoms. The van der Waals surface area contributed by atoms with Crippen molar-refractivity contribution < 1.29 is 9.16 Å². The fraction of sp³-hybridized carbons (Fsp3) is 1.00. The number of rotatable bonds is 3. The van der Waals surface area contributed by atoms with Crippen LogP contribution >= 0.6 is 0 Å². The lowest BCUT2D eigenvalue weighted by molar-refractivity contribution is 0.0304. The van der Waals surface area contributed by atoms with Gasteiger partial charge < -0.3 is 9.16 Å². The molecule has 0 aliphatic heterocycles. The van der Waals surface area contributed by atoms with Crippen molar-refractivity contribution in [2.75, 3.05) is 7.11 Å². The number of ether oxygens (including phenoxy) is 1. The molecule has 0 saturated heterocycles. The van der Waals surface area contributed by atoms with E-state index in [4.69, 9.17) is 9.16 Å². The van der Waals surface area contributed by atoms with Gasteiger partial charge in [0.15, 0.2) is 8.32 Å². The summed E-state index contributed by atoms with van der Waals surface area (Å²) in [6.45, 7) is 6.78. The van der Waals surface area contributed by atoms with Gasteiger partial charge in [-0.2, -0.15) is 0 Å². The summed E-state index contributed by atoms with van der Waals surface area (Å²) in [5, 5.41) is 0. The highest BCUT2D eigenvalue weighted by Gasteiger charge is 2.25. The highest BCUT2D eigenvalue weighted by Crippen LogP contribution is 2.25. The fourth-order valence-corrected chi connectivity index (χ4v) is 3.12. The minimum atomic E-state index is -1.32. The van der Waals surface area contributed by atoms with E-state index in [-0.39, 0.29) is 0 Å². The lowest BCUT2D eigenvalue weighted by atomic mass is 9.95. The molecule has 0 aromatic carbocycles. The maximum atomic E-state index is 6.05. The van der Waals surface area contributed by atoms with Crippen LogP contribution in [0.25, 0.3) is 0 Å². The van der Waals surface area contributed by atoms with Gasteiger partial charge in [-0.25, -0.2) is 0 Å². The lowest BCUT2D eigenvalue weighted by Gasteiger charge is -2.32. The Balaban J connectivity index is 2.25. The summed E-state index contributed by atoms with van der Waals surface area (Å²) in [6.07, 6.45) is 5.71. The second-order valence-corrected chi connectivity index (χ2v) is 9.33. The molecule has 0 unspecified atom stereocenters. The molecule has 0 heterocycles. The Hall–Kier alpha value is 0.137. The Morgan fingerprint density at radius 3 is 1.77 bits per heavy atom. The summed E-state index contributed by atoms with van der Waals surface area (Å²) in [6, 6.07) is 0. The van der Waals surface area contributed by atoms with Crippen LogP contribution in [0.2, 0.25) is 19.6 Å². The molecule has 0 aromatic heterocycles. The molecule has 0 radical (unpaired) electrons. The maximum absolute atomic E-state index is 6.05. The van der Waals surface area contributed by atoms with Gasteiger partial charge in [0.2, 0.25) is 0 Å². The van der Waals surface area contributed by atoms with E-state index in [1.165, 1.54) is 25.7 Å². The molecule has 1 aliphatic rings. The molecule has 13 heavy (non-hydrogen) atoms. The SMILES string of the molecule is COC1CCC(O[Si](C)(C)C)CC1. The summed E-state index contributed by atoms with van der Waals surface area (Å²) in [5.74, 6) is 0. The molecular weight excluding hydrogens is 180 g/mol. The van der Waals surface area contributed by atoms with E-state index in [2.05, 4.69) is 19.6 Å². The minimum absolute atomic E-state index is 0.487.